The van der Waals surface area contributed by atoms with Gasteiger partial charge in [0.15, 0.2) is 0 Å². The summed E-state index contributed by atoms with van der Waals surface area (Å²) in [5, 5.41) is 19.0. The average Bonchev–Trinajstić information content (AvgIpc) is 1.88. The van der Waals surface area contributed by atoms with Crippen LogP contribution in [-0.4, -0.2) is 38.4 Å². The van der Waals surface area contributed by atoms with Gasteiger partial charge in [0.2, 0.25) is 0 Å². The zero-order valence-electron chi connectivity index (χ0n) is 6.57. The number of para-hydroxylation sites is 1. The fourth-order valence-electron chi connectivity index (χ4n) is 0.643. The van der Waals surface area contributed by atoms with Gasteiger partial charge in [-0.15, -0.1) is 0 Å². The molecule has 0 heterocycles. The van der Waals surface area contributed by atoms with E-state index in [1.165, 1.54) is 24.3 Å². The largest absolute Gasteiger partial charge is 0.872 e. The van der Waals surface area contributed by atoms with Gasteiger partial charge in [-0.05, 0) is 6.07 Å². The number of carboxylic acid groups (broad SMARTS) is 1. The molecule has 5 heteroatoms. The zero-order chi connectivity index (χ0) is 7.56. The molecule has 12 heavy (non-hydrogen) atoms. The molecule has 0 atom stereocenters. The summed E-state index contributed by atoms with van der Waals surface area (Å²) in [5.41, 5.74) is -0.178. The fraction of sp³-hybridized carbons (Fsp3) is 0. The molecule has 0 amide bonds. The van der Waals surface area contributed by atoms with Crippen molar-refractivity contribution in [2.24, 2.45) is 0 Å². The number of hydrogen-bond donors (Lipinski definition) is 2. The normalized spacial score (nSPS) is 7.67. The van der Waals surface area contributed by atoms with E-state index in [4.69, 9.17) is 5.11 Å². The molecule has 0 aliphatic carbocycles. The first-order valence-corrected chi connectivity index (χ1v) is 2.71. The first-order chi connectivity index (χ1) is 4.72. The van der Waals surface area contributed by atoms with E-state index in [2.05, 4.69) is 0 Å². The van der Waals surface area contributed by atoms with Crippen LogP contribution in [0, 0.1) is 0 Å². The second kappa shape index (κ2) is 5.95. The molecule has 5 N–H and O–H groups in total. The number of quaternary nitrogens is 1. The Kier molecular flexibility index (Phi) is 6.91. The van der Waals surface area contributed by atoms with E-state index >= 15 is 0 Å². The molecule has 0 saturated carbocycles. The number of carbonyl (C=O) groups is 1. The van der Waals surface area contributed by atoms with Gasteiger partial charge in [-0.3, -0.25) is 0 Å². The van der Waals surface area contributed by atoms with E-state index in [0.29, 0.717) is 0 Å². The van der Waals surface area contributed by atoms with E-state index in [-0.39, 0.29) is 39.0 Å². The van der Waals surface area contributed by atoms with Crippen molar-refractivity contribution in [3.63, 3.8) is 0 Å². The predicted octanol–water partition coefficient (Wildman–Crippen LogP) is 0.454. The monoisotopic (exact) mass is 363 g/mol. The van der Waals surface area contributed by atoms with E-state index in [0.717, 1.165) is 0 Å². The molecule has 1 rings (SSSR count). The minimum absolute atomic E-state index is 0. The third kappa shape index (κ3) is 3.18. The second-order valence-electron chi connectivity index (χ2n) is 1.80. The number of aromatic carboxylic acids is 1. The van der Waals surface area contributed by atoms with Crippen LogP contribution in [0.4, 0.5) is 0 Å². The van der Waals surface area contributed by atoms with Crippen molar-refractivity contribution in [1.29, 1.82) is 0 Å². The van der Waals surface area contributed by atoms with Gasteiger partial charge in [-0.1, -0.05) is 23.9 Å². The molecule has 64 valence electrons. The van der Waals surface area contributed by atoms with Crippen LogP contribution in [0.1, 0.15) is 10.4 Å². The molecule has 0 saturated heterocycles. The minimum Gasteiger partial charge on any atom is -0.872 e. The van der Waals surface area contributed by atoms with Gasteiger partial charge >= 0.3 is 5.97 Å². The van der Waals surface area contributed by atoms with Crippen LogP contribution in [-0.2, 0) is 0 Å². The van der Waals surface area contributed by atoms with Crippen LogP contribution < -0.4 is 11.3 Å². The predicted molar refractivity (Wildman–Crippen MR) is 44.6 cm³/mol. The summed E-state index contributed by atoms with van der Waals surface area (Å²) in [4.78, 5) is 10.2. The van der Waals surface area contributed by atoms with E-state index in [1.54, 1.807) is 0 Å². The maximum atomic E-state index is 10.7. The van der Waals surface area contributed by atoms with Gasteiger partial charge in [0, 0.05) is 27.3 Å². The molecule has 0 bridgehead atoms. The third-order valence-electron chi connectivity index (χ3n) is 1.12. The van der Waals surface area contributed by atoms with Gasteiger partial charge in [0.05, 0.1) is 5.56 Å². The Bertz CT molecular complexity index is 265. The summed E-state index contributed by atoms with van der Waals surface area (Å²) in [6.07, 6.45) is 0. The van der Waals surface area contributed by atoms with Crippen molar-refractivity contribution in [2.45, 2.75) is 0 Å². The number of benzene rings is 1. The Balaban J connectivity index is 0. The fourth-order valence-corrected chi connectivity index (χ4v) is 0.643. The maximum absolute atomic E-state index is 10.7. The van der Waals surface area contributed by atoms with Crippen molar-refractivity contribution in [3.05, 3.63) is 29.8 Å². The second-order valence-corrected chi connectivity index (χ2v) is 1.80. The van der Waals surface area contributed by atoms with Gasteiger partial charge < -0.3 is 16.4 Å². The smallest absolute Gasteiger partial charge is 0.335 e. The van der Waals surface area contributed by atoms with Crippen molar-refractivity contribution >= 4 is 33.3 Å². The summed E-state index contributed by atoms with van der Waals surface area (Å²) in [6, 6.07) is 5.54. The first-order valence-electron chi connectivity index (χ1n) is 2.71. The van der Waals surface area contributed by atoms with Crippen molar-refractivity contribution in [1.82, 2.24) is 6.15 Å². The van der Waals surface area contributed by atoms with Crippen molar-refractivity contribution < 1.29 is 15.0 Å². The molecule has 4 radical (unpaired) electrons. The first kappa shape index (κ1) is 13.9. The van der Waals surface area contributed by atoms with Crippen LogP contribution in [0.15, 0.2) is 24.3 Å². The SMILES string of the molecule is O=C(O)c1ccccc1[O-].[NH4+].[Pb]. The molecule has 1 aromatic rings. The van der Waals surface area contributed by atoms with Crippen molar-refractivity contribution in [3.8, 4) is 5.75 Å². The molecule has 0 aromatic heterocycles. The summed E-state index contributed by atoms with van der Waals surface area (Å²) >= 11 is 0. The summed E-state index contributed by atoms with van der Waals surface area (Å²) < 4.78 is 0. The average molecular weight is 362 g/mol. The Morgan fingerprint density at radius 1 is 1.33 bits per heavy atom. The molecule has 0 aliphatic rings. The summed E-state index contributed by atoms with van der Waals surface area (Å²) in [5.74, 6) is -1.62. The Labute approximate surface area is 90.0 Å². The summed E-state index contributed by atoms with van der Waals surface area (Å²) in [6.45, 7) is 0. The standard InChI is InChI=1S/C7H6O3.H3N.Pb/c8-6-4-2-1-3-5(6)7(9)10;;/h1-4,8H,(H,9,10);1H3;. The van der Waals surface area contributed by atoms with Crippen LogP contribution >= 0.6 is 0 Å². The van der Waals surface area contributed by atoms with Gasteiger partial charge in [0.25, 0.3) is 0 Å². The quantitative estimate of drug-likeness (QED) is 0.710. The topological polar surface area (TPSA) is 96.9 Å². The Hall–Kier alpha value is -0.628. The Morgan fingerprint density at radius 3 is 2.17 bits per heavy atom. The van der Waals surface area contributed by atoms with E-state index < -0.39 is 11.7 Å². The number of carboxylic acids is 1. The molecule has 4 nitrogen and oxygen atoms in total. The van der Waals surface area contributed by atoms with Gasteiger partial charge in [-0.25, -0.2) is 4.79 Å². The molecule has 0 spiro atoms. The summed E-state index contributed by atoms with van der Waals surface area (Å²) in [7, 11) is 0. The molecule has 0 fully saturated rings. The molecule has 0 aliphatic heterocycles. The van der Waals surface area contributed by atoms with Crippen molar-refractivity contribution in [2.75, 3.05) is 0 Å². The molecule has 1 aromatic carbocycles. The van der Waals surface area contributed by atoms with Gasteiger partial charge in [-0.2, -0.15) is 0 Å². The third-order valence-corrected chi connectivity index (χ3v) is 1.12. The van der Waals surface area contributed by atoms with Gasteiger partial charge in [0.1, 0.15) is 0 Å². The van der Waals surface area contributed by atoms with Crippen LogP contribution in [0.25, 0.3) is 0 Å². The van der Waals surface area contributed by atoms with Crippen LogP contribution in [0.5, 0.6) is 5.75 Å². The van der Waals surface area contributed by atoms with Crippen LogP contribution in [0.3, 0.4) is 0 Å². The van der Waals surface area contributed by atoms with E-state index in [9.17, 15) is 9.90 Å². The number of rotatable bonds is 1. The molecular formula is C7H9NO3Pb. The molecular weight excluding hydrogens is 353 g/mol. The maximum Gasteiger partial charge on any atom is 0.335 e. The zero-order valence-corrected chi connectivity index (χ0v) is 10.5. The minimum atomic E-state index is -1.18. The van der Waals surface area contributed by atoms with E-state index in [1.807, 2.05) is 0 Å². The van der Waals surface area contributed by atoms with Crippen LogP contribution in [0.2, 0.25) is 0 Å². The molecule has 0 unspecified atom stereocenters. The Morgan fingerprint density at radius 2 is 1.83 bits per heavy atom. The number of hydrogen-bond acceptors (Lipinski definition) is 2.